The van der Waals surface area contributed by atoms with Gasteiger partial charge in [0.1, 0.15) is 0 Å². The number of para-hydroxylation sites is 1. The van der Waals surface area contributed by atoms with Gasteiger partial charge in [-0.3, -0.25) is 9.59 Å². The molecule has 1 aromatic rings. The summed E-state index contributed by atoms with van der Waals surface area (Å²) in [7, 11) is 0. The van der Waals surface area contributed by atoms with Gasteiger partial charge in [-0.15, -0.1) is 0 Å². The second kappa shape index (κ2) is 7.34. The number of benzene rings is 1. The van der Waals surface area contributed by atoms with Crippen molar-refractivity contribution in [2.24, 2.45) is 5.92 Å². The van der Waals surface area contributed by atoms with Gasteiger partial charge in [0.2, 0.25) is 11.8 Å². The van der Waals surface area contributed by atoms with E-state index in [-0.39, 0.29) is 30.3 Å². The van der Waals surface area contributed by atoms with Crippen LogP contribution in [0.2, 0.25) is 0 Å². The fourth-order valence-corrected chi connectivity index (χ4v) is 3.65. The molecule has 1 N–H and O–H groups in total. The Hall–Kier alpha value is -1.88. The Morgan fingerprint density at radius 3 is 2.96 bits per heavy atom. The standard InChI is InChI=1S/C19H26N2O3/c1-3-14-7-4-6-13(2)18(14)21-12-15(10-17(21)22)19(23)20-11-16-8-5-9-24-16/h4,6-7,15-16H,3,5,8-12H2,1-2H3,(H,20,23). The van der Waals surface area contributed by atoms with Crippen LogP contribution >= 0.6 is 0 Å². The van der Waals surface area contributed by atoms with E-state index < -0.39 is 0 Å². The van der Waals surface area contributed by atoms with E-state index in [0.717, 1.165) is 42.7 Å². The zero-order valence-electron chi connectivity index (χ0n) is 14.5. The summed E-state index contributed by atoms with van der Waals surface area (Å²) >= 11 is 0. The highest BCUT2D eigenvalue weighted by Gasteiger charge is 2.36. The molecule has 5 nitrogen and oxygen atoms in total. The third-order valence-electron chi connectivity index (χ3n) is 5.00. The molecular formula is C19H26N2O3. The van der Waals surface area contributed by atoms with Crippen LogP contribution in [0, 0.1) is 12.8 Å². The molecule has 0 radical (unpaired) electrons. The van der Waals surface area contributed by atoms with Gasteiger partial charge in [-0.05, 0) is 37.3 Å². The zero-order valence-corrected chi connectivity index (χ0v) is 14.5. The second-order valence-electron chi connectivity index (χ2n) is 6.72. The van der Waals surface area contributed by atoms with Crippen molar-refractivity contribution < 1.29 is 14.3 Å². The van der Waals surface area contributed by atoms with E-state index in [4.69, 9.17) is 4.74 Å². The quantitative estimate of drug-likeness (QED) is 0.900. The van der Waals surface area contributed by atoms with Crippen molar-refractivity contribution in [3.63, 3.8) is 0 Å². The molecule has 0 bridgehead atoms. The monoisotopic (exact) mass is 330 g/mol. The van der Waals surface area contributed by atoms with Crippen LogP contribution in [0.4, 0.5) is 5.69 Å². The van der Waals surface area contributed by atoms with Gasteiger partial charge in [0.05, 0.1) is 12.0 Å². The van der Waals surface area contributed by atoms with Crippen molar-refractivity contribution >= 4 is 17.5 Å². The number of hydrogen-bond donors (Lipinski definition) is 1. The smallest absolute Gasteiger partial charge is 0.227 e. The van der Waals surface area contributed by atoms with Crippen LogP contribution in [0.15, 0.2) is 18.2 Å². The third-order valence-corrected chi connectivity index (χ3v) is 5.00. The molecule has 0 aromatic heterocycles. The molecule has 0 aliphatic carbocycles. The Morgan fingerprint density at radius 2 is 2.25 bits per heavy atom. The molecule has 2 fully saturated rings. The van der Waals surface area contributed by atoms with Crippen molar-refractivity contribution in [3.05, 3.63) is 29.3 Å². The molecule has 24 heavy (non-hydrogen) atoms. The number of rotatable bonds is 5. The van der Waals surface area contributed by atoms with Gasteiger partial charge < -0.3 is 15.0 Å². The molecule has 130 valence electrons. The van der Waals surface area contributed by atoms with Crippen molar-refractivity contribution in [1.29, 1.82) is 0 Å². The Kier molecular flexibility index (Phi) is 5.19. The molecule has 2 atom stereocenters. The molecule has 5 heteroatoms. The largest absolute Gasteiger partial charge is 0.376 e. The summed E-state index contributed by atoms with van der Waals surface area (Å²) in [6.07, 6.45) is 3.35. The van der Waals surface area contributed by atoms with E-state index in [9.17, 15) is 9.59 Å². The maximum atomic E-state index is 12.5. The Balaban J connectivity index is 1.66. The van der Waals surface area contributed by atoms with Crippen LogP contribution in [0.1, 0.15) is 37.3 Å². The predicted molar refractivity (Wildman–Crippen MR) is 93.0 cm³/mol. The van der Waals surface area contributed by atoms with E-state index in [0.29, 0.717) is 13.1 Å². The van der Waals surface area contributed by atoms with Gasteiger partial charge in [0, 0.05) is 31.8 Å². The Morgan fingerprint density at radius 1 is 1.42 bits per heavy atom. The molecule has 1 aromatic carbocycles. The lowest BCUT2D eigenvalue weighted by Gasteiger charge is -2.22. The lowest BCUT2D eigenvalue weighted by molar-refractivity contribution is -0.126. The summed E-state index contributed by atoms with van der Waals surface area (Å²) in [6, 6.07) is 6.09. The van der Waals surface area contributed by atoms with Crippen molar-refractivity contribution in [2.45, 2.75) is 45.6 Å². The normalized spacial score (nSPS) is 23.8. The lowest BCUT2D eigenvalue weighted by atomic mass is 10.0. The summed E-state index contributed by atoms with van der Waals surface area (Å²) < 4.78 is 5.53. The van der Waals surface area contributed by atoms with E-state index in [1.807, 2.05) is 19.1 Å². The highest BCUT2D eigenvalue weighted by atomic mass is 16.5. The van der Waals surface area contributed by atoms with Crippen LogP contribution < -0.4 is 10.2 Å². The summed E-state index contributed by atoms with van der Waals surface area (Å²) in [5.74, 6) is -0.271. The Labute approximate surface area is 143 Å². The lowest BCUT2D eigenvalue weighted by Crippen LogP contribution is -2.37. The number of nitrogens with zero attached hydrogens (tertiary/aromatic N) is 1. The predicted octanol–water partition coefficient (Wildman–Crippen LogP) is 2.21. The number of carbonyl (C=O) groups is 2. The molecule has 2 saturated heterocycles. The summed E-state index contributed by atoms with van der Waals surface area (Å²) in [5.41, 5.74) is 3.23. The summed E-state index contributed by atoms with van der Waals surface area (Å²) in [6.45, 7) is 5.91. The highest BCUT2D eigenvalue weighted by Crippen LogP contribution is 2.31. The maximum absolute atomic E-state index is 12.5. The number of aryl methyl sites for hydroxylation is 2. The van der Waals surface area contributed by atoms with Crippen molar-refractivity contribution in [3.8, 4) is 0 Å². The highest BCUT2D eigenvalue weighted by molar-refractivity contribution is 6.01. The first-order chi connectivity index (χ1) is 11.6. The molecule has 2 amide bonds. The number of amides is 2. The average Bonchev–Trinajstić information content (AvgIpc) is 3.22. The van der Waals surface area contributed by atoms with Crippen LogP contribution in [0.25, 0.3) is 0 Å². The number of carbonyl (C=O) groups excluding carboxylic acids is 2. The number of nitrogens with one attached hydrogen (secondary N) is 1. The molecule has 2 unspecified atom stereocenters. The van der Waals surface area contributed by atoms with Gasteiger partial charge in [-0.1, -0.05) is 25.1 Å². The first-order valence-electron chi connectivity index (χ1n) is 8.88. The topological polar surface area (TPSA) is 58.6 Å². The number of anilines is 1. The molecular weight excluding hydrogens is 304 g/mol. The van der Waals surface area contributed by atoms with Crippen LogP contribution in [-0.4, -0.2) is 37.6 Å². The molecule has 0 spiro atoms. The van der Waals surface area contributed by atoms with Gasteiger partial charge in [0.25, 0.3) is 0 Å². The molecule has 0 saturated carbocycles. The number of ether oxygens (including phenoxy) is 1. The molecule has 2 heterocycles. The SMILES string of the molecule is CCc1cccc(C)c1N1CC(C(=O)NCC2CCCO2)CC1=O. The summed E-state index contributed by atoms with van der Waals surface area (Å²) in [4.78, 5) is 26.7. The van der Waals surface area contributed by atoms with E-state index in [1.54, 1.807) is 4.90 Å². The van der Waals surface area contributed by atoms with Gasteiger partial charge in [0.15, 0.2) is 0 Å². The molecule has 2 aliphatic heterocycles. The van der Waals surface area contributed by atoms with Crippen LogP contribution in [-0.2, 0) is 20.7 Å². The van der Waals surface area contributed by atoms with Gasteiger partial charge in [-0.2, -0.15) is 0 Å². The zero-order chi connectivity index (χ0) is 17.1. The van der Waals surface area contributed by atoms with E-state index in [1.165, 1.54) is 0 Å². The molecule has 2 aliphatic rings. The van der Waals surface area contributed by atoms with Crippen molar-refractivity contribution in [2.75, 3.05) is 24.6 Å². The average molecular weight is 330 g/mol. The van der Waals surface area contributed by atoms with Gasteiger partial charge in [-0.25, -0.2) is 0 Å². The molecule has 3 rings (SSSR count). The fourth-order valence-electron chi connectivity index (χ4n) is 3.65. The fraction of sp³-hybridized carbons (Fsp3) is 0.579. The third kappa shape index (κ3) is 3.46. The number of hydrogen-bond acceptors (Lipinski definition) is 3. The van der Waals surface area contributed by atoms with E-state index >= 15 is 0 Å². The maximum Gasteiger partial charge on any atom is 0.227 e. The van der Waals surface area contributed by atoms with Crippen LogP contribution in [0.3, 0.4) is 0 Å². The minimum atomic E-state index is -0.275. The van der Waals surface area contributed by atoms with Gasteiger partial charge >= 0.3 is 0 Å². The first kappa shape index (κ1) is 17.0. The van der Waals surface area contributed by atoms with Crippen LogP contribution in [0.5, 0.6) is 0 Å². The summed E-state index contributed by atoms with van der Waals surface area (Å²) in [5, 5.41) is 2.96. The minimum Gasteiger partial charge on any atom is -0.376 e. The van der Waals surface area contributed by atoms with E-state index in [2.05, 4.69) is 18.3 Å². The van der Waals surface area contributed by atoms with Crippen molar-refractivity contribution in [1.82, 2.24) is 5.32 Å². The first-order valence-corrected chi connectivity index (χ1v) is 8.88. The second-order valence-corrected chi connectivity index (χ2v) is 6.72. The minimum absolute atomic E-state index is 0.0343. The Bertz CT molecular complexity index is 623.